The molecule has 0 aliphatic carbocycles. The van der Waals surface area contributed by atoms with Gasteiger partial charge in [0.2, 0.25) is 0 Å². The van der Waals surface area contributed by atoms with Gasteiger partial charge in [0.25, 0.3) is 10.0 Å². The summed E-state index contributed by atoms with van der Waals surface area (Å²) in [4.78, 5) is 3.06. The van der Waals surface area contributed by atoms with E-state index in [1.165, 1.54) is 11.3 Å². The summed E-state index contributed by atoms with van der Waals surface area (Å²) in [5, 5.41) is 0. The van der Waals surface area contributed by atoms with Gasteiger partial charge in [0.1, 0.15) is 4.21 Å². The van der Waals surface area contributed by atoms with Crippen LogP contribution >= 0.6 is 11.3 Å². The molecule has 0 saturated carbocycles. The van der Waals surface area contributed by atoms with Crippen LogP contribution in [0.1, 0.15) is 25.6 Å². The van der Waals surface area contributed by atoms with Crippen molar-refractivity contribution >= 4 is 21.4 Å². The Labute approximate surface area is 108 Å². The zero-order chi connectivity index (χ0) is 13.3. The van der Waals surface area contributed by atoms with Gasteiger partial charge in [-0.05, 0) is 47.0 Å². The van der Waals surface area contributed by atoms with E-state index in [-0.39, 0.29) is 0 Å². The number of sulfonamides is 1. The highest BCUT2D eigenvalue weighted by Crippen LogP contribution is 2.23. The smallest absolute Gasteiger partial charge is 0.250 e. The van der Waals surface area contributed by atoms with Gasteiger partial charge in [-0.25, -0.2) is 13.1 Å². The Morgan fingerprint density at radius 1 is 1.29 bits per heavy atom. The quantitative estimate of drug-likeness (QED) is 0.913. The molecule has 0 fully saturated rings. The molecule has 1 aromatic heterocycles. The summed E-state index contributed by atoms with van der Waals surface area (Å²) in [5.41, 5.74) is -0.454. The van der Waals surface area contributed by atoms with Crippen molar-refractivity contribution in [2.75, 3.05) is 14.1 Å². The Kier molecular flexibility index (Phi) is 4.35. The predicted molar refractivity (Wildman–Crippen MR) is 71.8 cm³/mol. The van der Waals surface area contributed by atoms with Crippen molar-refractivity contribution in [3.8, 4) is 0 Å². The van der Waals surface area contributed by atoms with Crippen molar-refractivity contribution in [1.29, 1.82) is 0 Å². The predicted octanol–water partition coefficient (Wildman–Crippen LogP) is 1.89. The SMILES string of the molecule is CN(C)Cc1ccc(S(=O)(=O)NC(C)(C)C)s1. The van der Waals surface area contributed by atoms with Crippen molar-refractivity contribution < 1.29 is 8.42 Å². The molecule has 1 rings (SSSR count). The molecule has 0 atom stereocenters. The first-order valence-corrected chi connectivity index (χ1v) is 7.67. The highest BCUT2D eigenvalue weighted by molar-refractivity contribution is 7.91. The van der Waals surface area contributed by atoms with Crippen LogP contribution < -0.4 is 4.72 Å². The first kappa shape index (κ1) is 14.6. The minimum atomic E-state index is -3.38. The number of hydrogen-bond acceptors (Lipinski definition) is 4. The van der Waals surface area contributed by atoms with Crippen molar-refractivity contribution in [3.63, 3.8) is 0 Å². The van der Waals surface area contributed by atoms with Gasteiger partial charge in [-0.1, -0.05) is 0 Å². The molecule has 0 aliphatic heterocycles. The Balaban J connectivity index is 2.89. The topological polar surface area (TPSA) is 49.4 Å². The Morgan fingerprint density at radius 3 is 2.35 bits per heavy atom. The molecule has 0 bridgehead atoms. The van der Waals surface area contributed by atoms with Crippen LogP contribution in [0.15, 0.2) is 16.3 Å². The van der Waals surface area contributed by atoms with E-state index >= 15 is 0 Å². The summed E-state index contributed by atoms with van der Waals surface area (Å²) in [5.74, 6) is 0. The zero-order valence-electron chi connectivity index (χ0n) is 10.9. The molecular weight excluding hydrogens is 256 g/mol. The van der Waals surface area contributed by atoms with E-state index in [4.69, 9.17) is 0 Å². The minimum Gasteiger partial charge on any atom is -0.304 e. The molecule has 4 nitrogen and oxygen atoms in total. The van der Waals surface area contributed by atoms with Crippen LogP contribution in [0.4, 0.5) is 0 Å². The number of nitrogens with one attached hydrogen (secondary N) is 1. The van der Waals surface area contributed by atoms with Gasteiger partial charge >= 0.3 is 0 Å². The van der Waals surface area contributed by atoms with E-state index in [2.05, 4.69) is 4.72 Å². The average molecular weight is 276 g/mol. The molecule has 17 heavy (non-hydrogen) atoms. The van der Waals surface area contributed by atoms with E-state index < -0.39 is 15.6 Å². The molecule has 0 aromatic carbocycles. The first-order valence-electron chi connectivity index (χ1n) is 5.37. The monoisotopic (exact) mass is 276 g/mol. The molecule has 0 aliphatic rings. The maximum atomic E-state index is 12.0. The highest BCUT2D eigenvalue weighted by atomic mass is 32.2. The molecule has 1 N–H and O–H groups in total. The van der Waals surface area contributed by atoms with Crippen molar-refractivity contribution in [2.24, 2.45) is 0 Å². The van der Waals surface area contributed by atoms with Crippen molar-refractivity contribution in [1.82, 2.24) is 9.62 Å². The fraction of sp³-hybridized carbons (Fsp3) is 0.636. The number of hydrogen-bond donors (Lipinski definition) is 1. The van der Waals surface area contributed by atoms with Crippen LogP contribution in [0.3, 0.4) is 0 Å². The second-order valence-corrected chi connectivity index (χ2v) is 8.39. The lowest BCUT2D eigenvalue weighted by molar-refractivity contribution is 0.406. The molecule has 0 amide bonds. The van der Waals surface area contributed by atoms with Crippen LogP contribution in [0.25, 0.3) is 0 Å². The van der Waals surface area contributed by atoms with E-state index in [1.54, 1.807) is 6.07 Å². The van der Waals surface area contributed by atoms with Crippen LogP contribution in [0.5, 0.6) is 0 Å². The third kappa shape index (κ3) is 4.75. The lowest BCUT2D eigenvalue weighted by Crippen LogP contribution is -2.40. The normalized spacial score (nSPS) is 13.3. The van der Waals surface area contributed by atoms with Gasteiger partial charge in [-0.3, -0.25) is 0 Å². The zero-order valence-corrected chi connectivity index (χ0v) is 12.6. The third-order valence-electron chi connectivity index (χ3n) is 1.81. The minimum absolute atomic E-state index is 0.379. The molecule has 1 aromatic rings. The summed E-state index contributed by atoms with van der Waals surface area (Å²) >= 11 is 1.32. The number of thiophene rings is 1. The van der Waals surface area contributed by atoms with Crippen molar-refractivity contribution in [2.45, 2.75) is 37.1 Å². The molecule has 98 valence electrons. The highest BCUT2D eigenvalue weighted by Gasteiger charge is 2.23. The fourth-order valence-electron chi connectivity index (χ4n) is 1.35. The maximum Gasteiger partial charge on any atom is 0.250 e. The Morgan fingerprint density at radius 2 is 1.88 bits per heavy atom. The van der Waals surface area contributed by atoms with Gasteiger partial charge in [-0.2, -0.15) is 0 Å². The molecule has 0 radical (unpaired) electrons. The van der Waals surface area contributed by atoms with Gasteiger partial charge in [-0.15, -0.1) is 11.3 Å². The second-order valence-electron chi connectivity index (χ2n) is 5.31. The van der Waals surface area contributed by atoms with Gasteiger partial charge < -0.3 is 4.90 Å². The molecule has 1 heterocycles. The van der Waals surface area contributed by atoms with Gasteiger partial charge in [0.15, 0.2) is 0 Å². The van der Waals surface area contributed by atoms with E-state index in [1.807, 2.05) is 45.8 Å². The van der Waals surface area contributed by atoms with Gasteiger partial charge in [0.05, 0.1) is 0 Å². The number of nitrogens with zero attached hydrogens (tertiary/aromatic N) is 1. The molecule has 6 heteroatoms. The molecular formula is C11H20N2O2S2. The van der Waals surface area contributed by atoms with Crippen LogP contribution in [0, 0.1) is 0 Å². The lowest BCUT2D eigenvalue weighted by atomic mass is 10.1. The van der Waals surface area contributed by atoms with E-state index in [0.29, 0.717) is 4.21 Å². The first-order chi connectivity index (χ1) is 7.60. The Bertz CT molecular complexity index is 470. The van der Waals surface area contributed by atoms with Crippen LogP contribution in [-0.4, -0.2) is 33.0 Å². The standard InChI is InChI=1S/C11H20N2O2S2/c1-11(2,3)12-17(14,15)10-7-6-9(16-10)8-13(4)5/h6-7,12H,8H2,1-5H3. The summed E-state index contributed by atoms with van der Waals surface area (Å²) in [6, 6.07) is 3.53. The molecule has 0 spiro atoms. The maximum absolute atomic E-state index is 12.0. The largest absolute Gasteiger partial charge is 0.304 e. The van der Waals surface area contributed by atoms with Crippen LogP contribution in [-0.2, 0) is 16.6 Å². The van der Waals surface area contributed by atoms with Crippen molar-refractivity contribution in [3.05, 3.63) is 17.0 Å². The number of rotatable bonds is 4. The summed E-state index contributed by atoms with van der Waals surface area (Å²) in [6.45, 7) is 6.26. The summed E-state index contributed by atoms with van der Waals surface area (Å²) in [7, 11) is 0.536. The average Bonchev–Trinajstić information content (AvgIpc) is 2.46. The lowest BCUT2D eigenvalue weighted by Gasteiger charge is -2.19. The summed E-state index contributed by atoms with van der Waals surface area (Å²) < 4.78 is 27.1. The van der Waals surface area contributed by atoms with Gasteiger partial charge in [0, 0.05) is 17.0 Å². The Hall–Kier alpha value is -0.430. The van der Waals surface area contributed by atoms with E-state index in [0.717, 1.165) is 11.4 Å². The van der Waals surface area contributed by atoms with Crippen LogP contribution in [0.2, 0.25) is 0 Å². The third-order valence-corrected chi connectivity index (χ3v) is 5.13. The second kappa shape index (κ2) is 5.06. The summed E-state index contributed by atoms with van der Waals surface area (Å²) in [6.07, 6.45) is 0. The molecule has 0 unspecified atom stereocenters. The molecule has 0 saturated heterocycles. The fourth-order valence-corrected chi connectivity index (χ4v) is 4.24. The van der Waals surface area contributed by atoms with E-state index in [9.17, 15) is 8.42 Å².